The van der Waals surface area contributed by atoms with Gasteiger partial charge in [-0.2, -0.15) is 0 Å². The van der Waals surface area contributed by atoms with Gasteiger partial charge in [-0.05, 0) is 42.3 Å². The molecule has 0 aliphatic heterocycles. The normalized spacial score (nSPS) is 11.1. The number of hydrogen-bond acceptors (Lipinski definition) is 4. The summed E-state index contributed by atoms with van der Waals surface area (Å²) in [6.45, 7) is 2.85. The lowest BCUT2D eigenvalue weighted by Gasteiger charge is -2.08. The number of para-hydroxylation sites is 1. The minimum Gasteiger partial charge on any atom is -0.545 e. The number of benzene rings is 2. The third-order valence-corrected chi connectivity index (χ3v) is 4.05. The molecular formula is C22H20NO3-. The third kappa shape index (κ3) is 4.28. The van der Waals surface area contributed by atoms with E-state index in [2.05, 4.69) is 11.9 Å². The monoisotopic (exact) mass is 346 g/mol. The van der Waals surface area contributed by atoms with Gasteiger partial charge >= 0.3 is 0 Å². The molecule has 0 unspecified atom stereocenters. The predicted octanol–water partition coefficient (Wildman–Crippen LogP) is 3.95. The second-order valence-corrected chi connectivity index (χ2v) is 6.00. The predicted molar refractivity (Wildman–Crippen MR) is 102 cm³/mol. The molecule has 0 saturated heterocycles. The quantitative estimate of drug-likeness (QED) is 0.608. The number of ether oxygens (including phenoxy) is 1. The van der Waals surface area contributed by atoms with E-state index >= 15 is 0 Å². The Morgan fingerprint density at radius 1 is 1.12 bits per heavy atom. The summed E-state index contributed by atoms with van der Waals surface area (Å²) < 4.78 is 5.65. The number of hydrogen-bond donors (Lipinski definition) is 0. The highest BCUT2D eigenvalue weighted by molar-refractivity contribution is 6.02. The highest BCUT2D eigenvalue weighted by atomic mass is 16.5. The first-order chi connectivity index (χ1) is 12.7. The van der Waals surface area contributed by atoms with Gasteiger partial charge < -0.3 is 14.6 Å². The summed E-state index contributed by atoms with van der Waals surface area (Å²) in [7, 11) is 0. The maximum Gasteiger partial charge on any atom is 0.119 e. The van der Waals surface area contributed by atoms with Crippen molar-refractivity contribution in [2.75, 3.05) is 6.61 Å². The van der Waals surface area contributed by atoms with Crippen molar-refractivity contribution in [1.82, 2.24) is 4.98 Å². The van der Waals surface area contributed by atoms with Gasteiger partial charge in [-0.25, -0.2) is 4.98 Å². The molecule has 1 aromatic heterocycles. The van der Waals surface area contributed by atoms with Crippen LogP contribution in [0.25, 0.3) is 23.1 Å². The largest absolute Gasteiger partial charge is 0.545 e. The molecule has 26 heavy (non-hydrogen) atoms. The number of carboxylic acid groups (broad SMARTS) is 1. The smallest absolute Gasteiger partial charge is 0.119 e. The Hall–Kier alpha value is -3.14. The molecule has 0 aliphatic carbocycles. The fourth-order valence-electron chi connectivity index (χ4n) is 2.64. The van der Waals surface area contributed by atoms with Crippen molar-refractivity contribution < 1.29 is 14.6 Å². The van der Waals surface area contributed by atoms with E-state index in [9.17, 15) is 9.90 Å². The molecular weight excluding hydrogens is 326 g/mol. The molecule has 0 saturated carbocycles. The maximum atomic E-state index is 11.4. The van der Waals surface area contributed by atoms with Crippen LogP contribution in [0.4, 0.5) is 0 Å². The number of aromatic nitrogens is 1. The number of nitrogens with zero attached hydrogens (tertiary/aromatic N) is 1. The molecule has 0 radical (unpaired) electrons. The van der Waals surface area contributed by atoms with Crippen LogP contribution >= 0.6 is 0 Å². The lowest BCUT2D eigenvalue weighted by atomic mass is 10.1. The fraction of sp³-hybridized carbons (Fsp3) is 0.182. The Labute approximate surface area is 152 Å². The summed E-state index contributed by atoms with van der Waals surface area (Å²) >= 11 is 0. The maximum absolute atomic E-state index is 11.4. The average Bonchev–Trinajstić information content (AvgIpc) is 2.67. The first-order valence-electron chi connectivity index (χ1n) is 8.69. The van der Waals surface area contributed by atoms with Crippen LogP contribution in [-0.4, -0.2) is 17.6 Å². The Morgan fingerprint density at radius 3 is 2.62 bits per heavy atom. The van der Waals surface area contributed by atoms with Gasteiger partial charge in [0.05, 0.1) is 23.8 Å². The molecule has 4 nitrogen and oxygen atoms in total. The van der Waals surface area contributed by atoms with E-state index in [0.717, 1.165) is 30.8 Å². The van der Waals surface area contributed by atoms with Gasteiger partial charge in [-0.1, -0.05) is 49.8 Å². The molecule has 0 amide bonds. The van der Waals surface area contributed by atoms with Crippen molar-refractivity contribution in [2.45, 2.75) is 19.8 Å². The second kappa shape index (κ2) is 8.30. The van der Waals surface area contributed by atoms with Crippen molar-refractivity contribution in [1.29, 1.82) is 0 Å². The number of unbranched alkanes of at least 4 members (excludes halogenated alkanes) is 1. The first-order valence-corrected chi connectivity index (χ1v) is 8.69. The van der Waals surface area contributed by atoms with Crippen molar-refractivity contribution in [3.63, 3.8) is 0 Å². The van der Waals surface area contributed by atoms with Crippen molar-refractivity contribution in [2.24, 2.45) is 0 Å². The summed E-state index contributed by atoms with van der Waals surface area (Å²) in [5.74, 6) is -0.356. The van der Waals surface area contributed by atoms with Crippen molar-refractivity contribution in [3.05, 3.63) is 71.4 Å². The summed E-state index contributed by atoms with van der Waals surface area (Å²) in [6, 6.07) is 16.5. The molecule has 0 fully saturated rings. The molecule has 3 rings (SSSR count). The Kier molecular flexibility index (Phi) is 5.64. The number of carbonyl (C=O) groups is 1. The SMILES string of the molecule is CCCCOc1ccc(/C=C/c2cc(C(=O)[O-])c3ccccc3n2)cc1. The standard InChI is InChI=1S/C22H21NO3/c1-2-3-14-26-18-12-9-16(10-13-18)8-11-17-15-20(22(24)25)19-6-4-5-7-21(19)23-17/h4-13,15H,2-3,14H2,1H3,(H,24,25)/p-1/b11-8+. The molecule has 0 aliphatic rings. The second-order valence-electron chi connectivity index (χ2n) is 6.00. The number of carboxylic acids is 1. The molecule has 0 N–H and O–H groups in total. The van der Waals surface area contributed by atoms with Gasteiger partial charge in [-0.15, -0.1) is 0 Å². The average molecular weight is 346 g/mol. The molecule has 0 atom stereocenters. The zero-order valence-corrected chi connectivity index (χ0v) is 14.6. The number of fused-ring (bicyclic) bond motifs is 1. The van der Waals surface area contributed by atoms with Gasteiger partial charge in [0.25, 0.3) is 0 Å². The molecule has 0 spiro atoms. The van der Waals surface area contributed by atoms with Gasteiger partial charge in [0.1, 0.15) is 5.75 Å². The highest BCUT2D eigenvalue weighted by Gasteiger charge is 2.05. The molecule has 0 bridgehead atoms. The van der Waals surface area contributed by atoms with Crippen LogP contribution in [0.15, 0.2) is 54.6 Å². The van der Waals surface area contributed by atoms with Gasteiger partial charge in [0.15, 0.2) is 0 Å². The van der Waals surface area contributed by atoms with Gasteiger partial charge in [0.2, 0.25) is 0 Å². The summed E-state index contributed by atoms with van der Waals surface area (Å²) in [5.41, 5.74) is 2.34. The van der Waals surface area contributed by atoms with Crippen LogP contribution < -0.4 is 9.84 Å². The first kappa shape index (κ1) is 17.7. The van der Waals surface area contributed by atoms with Crippen LogP contribution in [0.5, 0.6) is 5.75 Å². The van der Waals surface area contributed by atoms with Crippen LogP contribution in [0.2, 0.25) is 0 Å². The molecule has 132 valence electrons. The molecule has 1 heterocycles. The minimum atomic E-state index is -1.20. The summed E-state index contributed by atoms with van der Waals surface area (Å²) in [6.07, 6.45) is 5.83. The zero-order chi connectivity index (χ0) is 18.4. The van der Waals surface area contributed by atoms with E-state index in [-0.39, 0.29) is 5.56 Å². The van der Waals surface area contributed by atoms with E-state index in [1.165, 1.54) is 6.07 Å². The van der Waals surface area contributed by atoms with Crippen LogP contribution in [0, 0.1) is 0 Å². The van der Waals surface area contributed by atoms with Crippen molar-refractivity contribution >= 4 is 29.0 Å². The Bertz CT molecular complexity index is 930. The van der Waals surface area contributed by atoms with Crippen LogP contribution in [0.3, 0.4) is 0 Å². The highest BCUT2D eigenvalue weighted by Crippen LogP contribution is 2.20. The number of aromatic carboxylic acids is 1. The van der Waals surface area contributed by atoms with E-state index in [1.807, 2.05) is 36.4 Å². The van der Waals surface area contributed by atoms with Crippen molar-refractivity contribution in [3.8, 4) is 5.75 Å². The van der Waals surface area contributed by atoms with E-state index < -0.39 is 5.97 Å². The van der Waals surface area contributed by atoms with Crippen LogP contribution in [0.1, 0.15) is 41.4 Å². The van der Waals surface area contributed by atoms with E-state index in [1.54, 1.807) is 24.3 Å². The number of pyridine rings is 1. The Balaban J connectivity index is 1.81. The van der Waals surface area contributed by atoms with Crippen LogP contribution in [-0.2, 0) is 0 Å². The fourth-order valence-corrected chi connectivity index (χ4v) is 2.64. The summed E-state index contributed by atoms with van der Waals surface area (Å²) in [5, 5.41) is 12.0. The zero-order valence-electron chi connectivity index (χ0n) is 14.6. The van der Waals surface area contributed by atoms with E-state index in [0.29, 0.717) is 16.6 Å². The molecule has 3 aromatic rings. The number of carbonyl (C=O) groups excluding carboxylic acids is 1. The lowest BCUT2D eigenvalue weighted by Crippen LogP contribution is -2.22. The topological polar surface area (TPSA) is 62.2 Å². The number of rotatable bonds is 7. The van der Waals surface area contributed by atoms with Gasteiger partial charge in [0, 0.05) is 10.9 Å². The molecule has 2 aromatic carbocycles. The van der Waals surface area contributed by atoms with E-state index in [4.69, 9.17) is 4.74 Å². The van der Waals surface area contributed by atoms with Gasteiger partial charge in [-0.3, -0.25) is 0 Å². The molecule has 4 heteroatoms. The third-order valence-electron chi connectivity index (χ3n) is 4.05. The summed E-state index contributed by atoms with van der Waals surface area (Å²) in [4.78, 5) is 15.9. The minimum absolute atomic E-state index is 0.148. The Morgan fingerprint density at radius 2 is 1.88 bits per heavy atom. The lowest BCUT2D eigenvalue weighted by molar-refractivity contribution is -0.254.